The Morgan fingerprint density at radius 2 is 2.16 bits per heavy atom. The zero-order chi connectivity index (χ0) is 14.4. The lowest BCUT2D eigenvalue weighted by atomic mass is 10.1. The normalized spacial score (nSPS) is 11.8. The van der Waals surface area contributed by atoms with Gasteiger partial charge in [-0.2, -0.15) is 0 Å². The van der Waals surface area contributed by atoms with Crippen LogP contribution >= 0.6 is 11.5 Å². The van der Waals surface area contributed by atoms with Crippen molar-refractivity contribution in [2.75, 3.05) is 26.0 Å². The van der Waals surface area contributed by atoms with Gasteiger partial charge in [0.1, 0.15) is 0 Å². The fourth-order valence-corrected chi connectivity index (χ4v) is 1.57. The van der Waals surface area contributed by atoms with E-state index in [2.05, 4.69) is 14.9 Å². The first-order chi connectivity index (χ1) is 8.95. The first kappa shape index (κ1) is 15.4. The zero-order valence-electron chi connectivity index (χ0n) is 11.5. The first-order valence-corrected chi connectivity index (χ1v) is 6.70. The van der Waals surface area contributed by atoms with Gasteiger partial charge >= 0.3 is 12.0 Å². The van der Waals surface area contributed by atoms with Gasteiger partial charge in [0, 0.05) is 25.6 Å². The van der Waals surface area contributed by atoms with E-state index < -0.39 is 5.97 Å². The summed E-state index contributed by atoms with van der Waals surface area (Å²) in [5.74, 6) is -0.279. The van der Waals surface area contributed by atoms with Gasteiger partial charge in [0.25, 0.3) is 0 Å². The van der Waals surface area contributed by atoms with Crippen LogP contribution in [0.3, 0.4) is 0 Å². The van der Waals surface area contributed by atoms with Crippen LogP contribution < -0.4 is 5.32 Å². The van der Waals surface area contributed by atoms with Crippen LogP contribution in [0.5, 0.6) is 0 Å². The molecule has 1 aromatic heterocycles. The minimum atomic E-state index is -0.567. The third-order valence-electron chi connectivity index (χ3n) is 2.50. The smallest absolute Gasteiger partial charge is 0.362 e. The summed E-state index contributed by atoms with van der Waals surface area (Å²) >= 11 is 0.943. The second kappa shape index (κ2) is 7.03. The topological polar surface area (TPSA) is 84.4 Å². The van der Waals surface area contributed by atoms with Crippen LogP contribution in [0.4, 0.5) is 9.80 Å². The van der Waals surface area contributed by atoms with Crippen LogP contribution in [0.25, 0.3) is 0 Å². The van der Waals surface area contributed by atoms with Crippen molar-refractivity contribution in [3.8, 4) is 0 Å². The van der Waals surface area contributed by atoms with Crippen molar-refractivity contribution in [1.29, 1.82) is 0 Å². The molecule has 0 aliphatic rings. The van der Waals surface area contributed by atoms with Crippen molar-refractivity contribution in [1.82, 2.24) is 14.5 Å². The predicted octanol–water partition coefficient (Wildman–Crippen LogP) is 1.83. The summed E-state index contributed by atoms with van der Waals surface area (Å²) in [6.07, 6.45) is 0.923. The van der Waals surface area contributed by atoms with E-state index in [1.54, 1.807) is 14.1 Å². The molecule has 0 bridgehead atoms. The molecule has 1 unspecified atom stereocenters. The highest BCUT2D eigenvalue weighted by molar-refractivity contribution is 7.10. The summed E-state index contributed by atoms with van der Waals surface area (Å²) in [5, 5.41) is 6.54. The van der Waals surface area contributed by atoms with Gasteiger partial charge in [-0.15, -0.1) is 5.10 Å². The largest absolute Gasteiger partial charge is 0.461 e. The van der Waals surface area contributed by atoms with Crippen LogP contribution in [-0.2, 0) is 4.74 Å². The van der Waals surface area contributed by atoms with Gasteiger partial charge in [0.05, 0.1) is 6.61 Å². The van der Waals surface area contributed by atoms with Crippen molar-refractivity contribution in [2.45, 2.75) is 20.3 Å². The number of carbonyl (C=O) groups is 2. The molecule has 0 radical (unpaired) electrons. The molecule has 1 N–H and O–H groups in total. The van der Waals surface area contributed by atoms with E-state index in [1.165, 1.54) is 4.90 Å². The number of aromatic nitrogens is 2. The summed E-state index contributed by atoms with van der Waals surface area (Å²) in [7, 11) is 3.20. The van der Waals surface area contributed by atoms with Gasteiger partial charge < -0.3 is 9.64 Å². The lowest BCUT2D eigenvalue weighted by Gasteiger charge is -2.11. The van der Waals surface area contributed by atoms with Crippen LogP contribution in [-0.4, -0.2) is 47.2 Å². The quantitative estimate of drug-likeness (QED) is 0.835. The van der Waals surface area contributed by atoms with Gasteiger partial charge in [-0.3, -0.25) is 5.32 Å². The Bertz CT molecular complexity index is 447. The van der Waals surface area contributed by atoms with Gasteiger partial charge in [0.2, 0.25) is 5.69 Å². The molecule has 1 atom stereocenters. The van der Waals surface area contributed by atoms with Crippen molar-refractivity contribution < 1.29 is 14.3 Å². The average Bonchev–Trinajstić information content (AvgIpc) is 2.83. The van der Waals surface area contributed by atoms with Crippen LogP contribution in [0, 0.1) is 5.92 Å². The molecule has 0 aromatic carbocycles. The SMILES string of the molecule is CCC(C)COC(=O)c1nnsc1NC(=O)N(C)C. The Labute approximate surface area is 116 Å². The van der Waals surface area contributed by atoms with Crippen LogP contribution in [0.15, 0.2) is 0 Å². The highest BCUT2D eigenvalue weighted by Crippen LogP contribution is 2.19. The summed E-state index contributed by atoms with van der Waals surface area (Å²) < 4.78 is 8.78. The maximum Gasteiger partial charge on any atom is 0.362 e. The third-order valence-corrected chi connectivity index (χ3v) is 3.15. The highest BCUT2D eigenvalue weighted by Gasteiger charge is 2.20. The third kappa shape index (κ3) is 4.47. The van der Waals surface area contributed by atoms with E-state index in [0.29, 0.717) is 11.6 Å². The lowest BCUT2D eigenvalue weighted by molar-refractivity contribution is 0.0441. The molecule has 0 fully saturated rings. The molecule has 0 aliphatic carbocycles. The Kier molecular flexibility index (Phi) is 5.68. The van der Waals surface area contributed by atoms with Gasteiger partial charge in [-0.05, 0) is 5.92 Å². The molecule has 0 spiro atoms. The van der Waals surface area contributed by atoms with E-state index in [9.17, 15) is 9.59 Å². The van der Waals surface area contributed by atoms with Gasteiger partial charge in [-0.25, -0.2) is 9.59 Å². The maximum absolute atomic E-state index is 11.8. The Balaban J connectivity index is 2.66. The molecular formula is C11H18N4O3S. The number of rotatable bonds is 5. The van der Waals surface area contributed by atoms with Gasteiger partial charge in [0.15, 0.2) is 5.00 Å². The van der Waals surface area contributed by atoms with E-state index >= 15 is 0 Å². The average molecular weight is 286 g/mol. The molecular weight excluding hydrogens is 268 g/mol. The van der Waals surface area contributed by atoms with E-state index in [0.717, 1.165) is 18.0 Å². The molecule has 1 heterocycles. The molecule has 0 saturated heterocycles. The summed E-state index contributed by atoms with van der Waals surface area (Å²) in [6.45, 7) is 4.33. The second-order valence-corrected chi connectivity index (χ2v) is 5.14. The fraction of sp³-hybridized carbons (Fsp3) is 0.636. The minimum Gasteiger partial charge on any atom is -0.461 e. The number of anilines is 1. The molecule has 0 aliphatic heterocycles. The lowest BCUT2D eigenvalue weighted by Crippen LogP contribution is -2.27. The highest BCUT2D eigenvalue weighted by atomic mass is 32.1. The monoisotopic (exact) mass is 286 g/mol. The molecule has 106 valence electrons. The number of hydrogen-bond acceptors (Lipinski definition) is 6. The van der Waals surface area contributed by atoms with E-state index in [4.69, 9.17) is 4.74 Å². The molecule has 7 nitrogen and oxygen atoms in total. The number of nitrogens with one attached hydrogen (secondary N) is 1. The molecule has 19 heavy (non-hydrogen) atoms. The van der Waals surface area contributed by atoms with Crippen molar-refractivity contribution in [3.63, 3.8) is 0 Å². The molecule has 1 rings (SSSR count). The summed E-state index contributed by atoms with van der Waals surface area (Å²) in [6, 6.07) is -0.345. The zero-order valence-corrected chi connectivity index (χ0v) is 12.3. The number of hydrogen-bond donors (Lipinski definition) is 1. The Hall–Kier alpha value is -1.70. The minimum absolute atomic E-state index is 0.0449. The van der Waals surface area contributed by atoms with E-state index in [-0.39, 0.29) is 17.6 Å². The van der Waals surface area contributed by atoms with Crippen molar-refractivity contribution >= 4 is 28.5 Å². The van der Waals surface area contributed by atoms with E-state index in [1.807, 2.05) is 13.8 Å². The molecule has 2 amide bonds. The maximum atomic E-state index is 11.8. The fourth-order valence-electron chi connectivity index (χ4n) is 1.02. The number of urea groups is 1. The standard InChI is InChI=1S/C11H18N4O3S/c1-5-7(2)6-18-10(16)8-9(19-14-13-8)12-11(17)15(3)4/h7H,5-6H2,1-4H3,(H,12,17). The molecule has 8 heteroatoms. The molecule has 1 aromatic rings. The predicted molar refractivity (Wildman–Crippen MR) is 72.4 cm³/mol. The molecule has 0 saturated carbocycles. The van der Waals surface area contributed by atoms with Crippen LogP contribution in [0.2, 0.25) is 0 Å². The first-order valence-electron chi connectivity index (χ1n) is 5.93. The summed E-state index contributed by atoms with van der Waals surface area (Å²) in [5.41, 5.74) is 0.0449. The van der Waals surface area contributed by atoms with Gasteiger partial charge in [-0.1, -0.05) is 24.8 Å². The second-order valence-electron chi connectivity index (χ2n) is 4.39. The number of amides is 2. The Morgan fingerprint density at radius 1 is 1.47 bits per heavy atom. The number of ether oxygens (including phenoxy) is 1. The van der Waals surface area contributed by atoms with Crippen molar-refractivity contribution in [3.05, 3.63) is 5.69 Å². The van der Waals surface area contributed by atoms with Crippen LogP contribution in [0.1, 0.15) is 30.8 Å². The number of nitrogens with zero attached hydrogens (tertiary/aromatic N) is 3. The number of carbonyl (C=O) groups excluding carboxylic acids is 2. The van der Waals surface area contributed by atoms with Crippen molar-refractivity contribution in [2.24, 2.45) is 5.92 Å². The number of esters is 1. The Morgan fingerprint density at radius 3 is 2.74 bits per heavy atom. The summed E-state index contributed by atoms with van der Waals surface area (Å²) in [4.78, 5) is 24.7.